The lowest BCUT2D eigenvalue weighted by molar-refractivity contribution is -0.151. The second-order valence-corrected chi connectivity index (χ2v) is 8.91. The number of benzene rings is 3. The molecule has 0 aliphatic rings. The van der Waals surface area contributed by atoms with Gasteiger partial charge in [-0.25, -0.2) is 19.6 Å². The van der Waals surface area contributed by atoms with Crippen molar-refractivity contribution in [3.8, 4) is 22.5 Å². The van der Waals surface area contributed by atoms with Gasteiger partial charge in [0.05, 0.1) is 31.9 Å². The van der Waals surface area contributed by atoms with Gasteiger partial charge in [-0.15, -0.1) is 0 Å². The lowest BCUT2D eigenvalue weighted by atomic mass is 9.96. The van der Waals surface area contributed by atoms with E-state index in [1.165, 1.54) is 14.2 Å². The molecule has 198 valence electrons. The third-order valence-electron chi connectivity index (χ3n) is 6.10. The van der Waals surface area contributed by atoms with Gasteiger partial charge in [-0.05, 0) is 31.5 Å². The Hall–Kier alpha value is -4.85. The van der Waals surface area contributed by atoms with Crippen LogP contribution >= 0.6 is 0 Å². The van der Waals surface area contributed by atoms with Crippen molar-refractivity contribution >= 4 is 17.9 Å². The highest BCUT2D eigenvalue weighted by Crippen LogP contribution is 2.35. The quantitative estimate of drug-likeness (QED) is 0.228. The van der Waals surface area contributed by atoms with Gasteiger partial charge < -0.3 is 14.2 Å². The molecule has 0 bridgehead atoms. The summed E-state index contributed by atoms with van der Waals surface area (Å²) in [6.45, 7) is 3.84. The van der Waals surface area contributed by atoms with Crippen LogP contribution in [0.4, 0.5) is 0 Å². The molecule has 0 amide bonds. The molecule has 0 spiro atoms. The molecular weight excluding hydrogens is 496 g/mol. The normalized spacial score (nSPS) is 11.4. The van der Waals surface area contributed by atoms with Crippen LogP contribution in [0.5, 0.6) is 0 Å². The number of esters is 3. The van der Waals surface area contributed by atoms with Crippen molar-refractivity contribution in [2.75, 3.05) is 14.2 Å². The predicted octanol–water partition coefficient (Wildman–Crippen LogP) is 5.21. The SMILES string of the molecule is COC(=O)Cc1nc(-c2ccccc2)nc(C(OC(=O)c2ccc(C)cc2)C(=O)OC)c1-c1ccc(C)cc1. The number of nitrogens with zero attached hydrogens (tertiary/aromatic N) is 2. The zero-order chi connectivity index (χ0) is 27.9. The largest absolute Gasteiger partial charge is 0.469 e. The summed E-state index contributed by atoms with van der Waals surface area (Å²) in [7, 11) is 2.49. The van der Waals surface area contributed by atoms with Crippen molar-refractivity contribution < 1.29 is 28.6 Å². The molecule has 1 aromatic heterocycles. The number of carbonyl (C=O) groups is 3. The molecule has 0 radical (unpaired) electrons. The lowest BCUT2D eigenvalue weighted by Crippen LogP contribution is -2.24. The number of carbonyl (C=O) groups excluding carboxylic acids is 3. The van der Waals surface area contributed by atoms with E-state index in [0.29, 0.717) is 22.4 Å². The average Bonchev–Trinajstić information content (AvgIpc) is 2.96. The molecule has 0 saturated heterocycles. The average molecular weight is 525 g/mol. The molecule has 8 heteroatoms. The van der Waals surface area contributed by atoms with E-state index in [0.717, 1.165) is 11.1 Å². The first-order chi connectivity index (χ1) is 18.8. The maximum absolute atomic E-state index is 13.2. The van der Waals surface area contributed by atoms with E-state index >= 15 is 0 Å². The Balaban J connectivity index is 1.96. The van der Waals surface area contributed by atoms with Gasteiger partial charge in [-0.2, -0.15) is 0 Å². The van der Waals surface area contributed by atoms with E-state index in [1.54, 1.807) is 36.4 Å². The fourth-order valence-electron chi connectivity index (χ4n) is 3.99. The van der Waals surface area contributed by atoms with Gasteiger partial charge in [0.15, 0.2) is 5.82 Å². The fraction of sp³-hybridized carbons (Fsp3) is 0.194. The summed E-state index contributed by atoms with van der Waals surface area (Å²) in [5, 5.41) is 0. The molecule has 0 fully saturated rings. The van der Waals surface area contributed by atoms with Crippen LogP contribution in [0.15, 0.2) is 78.9 Å². The minimum atomic E-state index is -1.54. The predicted molar refractivity (Wildman–Crippen MR) is 145 cm³/mol. The molecule has 3 aromatic carbocycles. The third-order valence-corrected chi connectivity index (χ3v) is 6.10. The molecule has 39 heavy (non-hydrogen) atoms. The van der Waals surface area contributed by atoms with Gasteiger partial charge in [-0.3, -0.25) is 4.79 Å². The minimum absolute atomic E-state index is 0.0962. The van der Waals surface area contributed by atoms with Gasteiger partial charge in [0.1, 0.15) is 5.69 Å². The number of hydrogen-bond acceptors (Lipinski definition) is 8. The zero-order valence-corrected chi connectivity index (χ0v) is 22.1. The van der Waals surface area contributed by atoms with Crippen LogP contribution in [0.1, 0.15) is 39.0 Å². The first kappa shape index (κ1) is 27.2. The topological polar surface area (TPSA) is 105 Å². The van der Waals surface area contributed by atoms with Gasteiger partial charge in [-0.1, -0.05) is 77.9 Å². The maximum Gasteiger partial charge on any atom is 0.353 e. The van der Waals surface area contributed by atoms with E-state index in [-0.39, 0.29) is 23.5 Å². The molecular formula is C31H28N2O6. The standard InChI is InChI=1S/C31H28N2O6/c1-19-10-14-21(15-11-19)26-24(18-25(34)37-3)32-29(22-8-6-5-7-9-22)33-27(26)28(31(36)38-4)39-30(35)23-16-12-20(2)13-17-23/h5-17,28H,18H2,1-4H3. The van der Waals surface area contributed by atoms with E-state index in [2.05, 4.69) is 0 Å². The van der Waals surface area contributed by atoms with Gasteiger partial charge in [0.2, 0.25) is 6.10 Å². The van der Waals surface area contributed by atoms with Crippen LogP contribution in [-0.2, 0) is 30.2 Å². The van der Waals surface area contributed by atoms with Crippen LogP contribution in [-0.4, -0.2) is 42.1 Å². The van der Waals surface area contributed by atoms with E-state index in [4.69, 9.17) is 24.2 Å². The van der Waals surface area contributed by atoms with Crippen LogP contribution in [0.25, 0.3) is 22.5 Å². The smallest absolute Gasteiger partial charge is 0.353 e. The summed E-state index contributed by atoms with van der Waals surface area (Å²) in [5.74, 6) is -1.83. The van der Waals surface area contributed by atoms with E-state index < -0.39 is 24.0 Å². The Labute approximate surface area is 226 Å². The van der Waals surface area contributed by atoms with Gasteiger partial charge in [0.25, 0.3) is 0 Å². The van der Waals surface area contributed by atoms with E-state index in [1.807, 2.05) is 56.3 Å². The van der Waals surface area contributed by atoms with Crippen molar-refractivity contribution in [2.45, 2.75) is 26.4 Å². The second kappa shape index (κ2) is 12.1. The molecule has 0 aliphatic carbocycles. The third kappa shape index (κ3) is 6.35. The highest BCUT2D eigenvalue weighted by molar-refractivity contribution is 5.92. The number of methoxy groups -OCH3 is 2. The van der Waals surface area contributed by atoms with Crippen LogP contribution in [0.2, 0.25) is 0 Å². The molecule has 0 aliphatic heterocycles. The highest BCUT2D eigenvalue weighted by Gasteiger charge is 2.34. The summed E-state index contributed by atoms with van der Waals surface area (Å²) in [6.07, 6.45) is -1.74. The molecule has 1 heterocycles. The number of ether oxygens (including phenoxy) is 3. The summed E-state index contributed by atoms with van der Waals surface area (Å²) < 4.78 is 15.7. The van der Waals surface area contributed by atoms with Crippen molar-refractivity contribution in [1.29, 1.82) is 0 Å². The summed E-state index contributed by atoms with van der Waals surface area (Å²) >= 11 is 0. The first-order valence-corrected chi connectivity index (χ1v) is 12.3. The summed E-state index contributed by atoms with van der Waals surface area (Å²) in [4.78, 5) is 48.2. The Bertz CT molecular complexity index is 1480. The van der Waals surface area contributed by atoms with Crippen LogP contribution < -0.4 is 0 Å². The maximum atomic E-state index is 13.2. The number of aryl methyl sites for hydroxylation is 2. The van der Waals surface area contributed by atoms with Crippen LogP contribution in [0, 0.1) is 13.8 Å². The Morgan fingerprint density at radius 1 is 0.744 bits per heavy atom. The Morgan fingerprint density at radius 3 is 1.95 bits per heavy atom. The lowest BCUT2D eigenvalue weighted by Gasteiger charge is -2.21. The molecule has 1 atom stereocenters. The Kier molecular flexibility index (Phi) is 8.46. The number of aromatic nitrogens is 2. The first-order valence-electron chi connectivity index (χ1n) is 12.3. The molecule has 0 saturated carbocycles. The van der Waals surface area contributed by atoms with Gasteiger partial charge >= 0.3 is 17.9 Å². The fourth-order valence-corrected chi connectivity index (χ4v) is 3.99. The van der Waals surface area contributed by atoms with E-state index in [9.17, 15) is 14.4 Å². The number of hydrogen-bond donors (Lipinski definition) is 0. The Morgan fingerprint density at radius 2 is 1.36 bits per heavy atom. The molecule has 0 N–H and O–H groups in total. The van der Waals surface area contributed by atoms with Crippen LogP contribution in [0.3, 0.4) is 0 Å². The highest BCUT2D eigenvalue weighted by atomic mass is 16.6. The second-order valence-electron chi connectivity index (χ2n) is 8.91. The number of rotatable bonds is 8. The molecule has 8 nitrogen and oxygen atoms in total. The molecule has 4 aromatic rings. The molecule has 1 unspecified atom stereocenters. The zero-order valence-electron chi connectivity index (χ0n) is 22.1. The van der Waals surface area contributed by atoms with Crippen molar-refractivity contribution in [2.24, 2.45) is 0 Å². The summed E-state index contributed by atoms with van der Waals surface area (Å²) in [6, 6.07) is 23.3. The monoisotopic (exact) mass is 524 g/mol. The van der Waals surface area contributed by atoms with Gasteiger partial charge in [0, 0.05) is 11.1 Å². The van der Waals surface area contributed by atoms with Crippen molar-refractivity contribution in [3.63, 3.8) is 0 Å². The van der Waals surface area contributed by atoms with Crippen molar-refractivity contribution in [1.82, 2.24) is 9.97 Å². The van der Waals surface area contributed by atoms with Crippen molar-refractivity contribution in [3.05, 3.63) is 107 Å². The minimum Gasteiger partial charge on any atom is -0.469 e. The summed E-state index contributed by atoms with van der Waals surface area (Å²) in [5.41, 5.74) is 4.31. The molecule has 4 rings (SSSR count).